The lowest BCUT2D eigenvalue weighted by molar-refractivity contribution is -0.133. The number of piperazine rings is 1. The van der Waals surface area contributed by atoms with Gasteiger partial charge >= 0.3 is 0 Å². The highest BCUT2D eigenvalue weighted by atomic mass is 16.2. The molecular formula is C26H31N5O2. The molecular weight excluding hydrogens is 414 g/mol. The largest absolute Gasteiger partial charge is 0.338 e. The van der Waals surface area contributed by atoms with E-state index >= 15 is 0 Å². The summed E-state index contributed by atoms with van der Waals surface area (Å²) in [6.07, 6.45) is 1.86. The van der Waals surface area contributed by atoms with Gasteiger partial charge in [-0.3, -0.25) is 14.3 Å². The lowest BCUT2D eigenvalue weighted by Crippen LogP contribution is -2.52. The molecule has 7 heteroatoms. The highest BCUT2D eigenvalue weighted by molar-refractivity contribution is 6.00. The molecule has 7 nitrogen and oxygen atoms in total. The summed E-state index contributed by atoms with van der Waals surface area (Å²) in [6, 6.07) is 18.2. The summed E-state index contributed by atoms with van der Waals surface area (Å²) in [4.78, 5) is 31.4. The monoisotopic (exact) mass is 445 g/mol. The van der Waals surface area contributed by atoms with Crippen LogP contribution in [-0.4, -0.2) is 83.1 Å². The van der Waals surface area contributed by atoms with Gasteiger partial charge in [0.2, 0.25) is 5.91 Å². The molecule has 0 aliphatic carbocycles. The van der Waals surface area contributed by atoms with Gasteiger partial charge in [0.05, 0.1) is 18.7 Å². The number of likely N-dealkylation sites (N-methyl/N-ethyl adjacent to an activating group) is 1. The van der Waals surface area contributed by atoms with Gasteiger partial charge in [0, 0.05) is 37.9 Å². The van der Waals surface area contributed by atoms with Crippen molar-refractivity contribution in [2.75, 3.05) is 46.8 Å². The van der Waals surface area contributed by atoms with Crippen LogP contribution < -0.4 is 0 Å². The predicted octanol–water partition coefficient (Wildman–Crippen LogP) is 2.75. The van der Waals surface area contributed by atoms with Gasteiger partial charge < -0.3 is 14.7 Å². The first-order chi connectivity index (χ1) is 15.9. The van der Waals surface area contributed by atoms with Gasteiger partial charge in [0.25, 0.3) is 5.91 Å². The van der Waals surface area contributed by atoms with E-state index in [1.165, 1.54) is 0 Å². The molecule has 2 aromatic carbocycles. The molecule has 0 spiro atoms. The molecule has 0 unspecified atom stereocenters. The van der Waals surface area contributed by atoms with Crippen LogP contribution in [0.25, 0.3) is 11.3 Å². The lowest BCUT2D eigenvalue weighted by atomic mass is 10.1. The molecule has 2 amide bonds. The zero-order chi connectivity index (χ0) is 23.4. The number of amides is 2. The third-order valence-corrected chi connectivity index (χ3v) is 5.88. The quantitative estimate of drug-likeness (QED) is 0.585. The highest BCUT2D eigenvalue weighted by Gasteiger charge is 2.28. The standard InChI is InChI=1S/C26H31N5O2/c1-20-9-11-22(12-10-20)25-23(18-31(27-25)17-21-7-5-4-6-8-21)26(33)30-15-13-29(14-16-30)24(32)19-28(2)3/h4-12,18H,13-17,19H2,1-3H3. The summed E-state index contributed by atoms with van der Waals surface area (Å²) >= 11 is 0. The third-order valence-electron chi connectivity index (χ3n) is 5.88. The summed E-state index contributed by atoms with van der Waals surface area (Å²) in [7, 11) is 3.77. The summed E-state index contributed by atoms with van der Waals surface area (Å²) < 4.78 is 1.84. The van der Waals surface area contributed by atoms with Crippen molar-refractivity contribution < 1.29 is 9.59 Å². The van der Waals surface area contributed by atoms with Gasteiger partial charge in [0.15, 0.2) is 0 Å². The fraction of sp³-hybridized carbons (Fsp3) is 0.346. The van der Waals surface area contributed by atoms with Crippen LogP contribution in [-0.2, 0) is 11.3 Å². The number of benzene rings is 2. The smallest absolute Gasteiger partial charge is 0.257 e. The number of hydrogen-bond donors (Lipinski definition) is 0. The van der Waals surface area contributed by atoms with Crippen molar-refractivity contribution >= 4 is 11.8 Å². The SMILES string of the molecule is Cc1ccc(-c2nn(Cc3ccccc3)cc2C(=O)N2CCN(C(=O)CN(C)C)CC2)cc1. The van der Waals surface area contributed by atoms with Crippen LogP contribution in [0.5, 0.6) is 0 Å². The van der Waals surface area contributed by atoms with Crippen LogP contribution in [0.1, 0.15) is 21.5 Å². The first-order valence-corrected chi connectivity index (χ1v) is 11.3. The Balaban J connectivity index is 1.56. The van der Waals surface area contributed by atoms with Crippen LogP contribution in [0.4, 0.5) is 0 Å². The van der Waals surface area contributed by atoms with Crippen molar-refractivity contribution in [2.24, 2.45) is 0 Å². The molecule has 0 bridgehead atoms. The number of hydrogen-bond acceptors (Lipinski definition) is 4. The van der Waals surface area contributed by atoms with E-state index in [0.717, 1.165) is 16.7 Å². The molecule has 2 heterocycles. The predicted molar refractivity (Wildman–Crippen MR) is 129 cm³/mol. The normalized spacial score (nSPS) is 14.1. The second-order valence-electron chi connectivity index (χ2n) is 8.85. The summed E-state index contributed by atoms with van der Waals surface area (Å²) in [5.74, 6) is 0.0627. The van der Waals surface area contributed by atoms with Gasteiger partial charge in [0.1, 0.15) is 5.69 Å². The molecule has 33 heavy (non-hydrogen) atoms. The first-order valence-electron chi connectivity index (χ1n) is 11.3. The highest BCUT2D eigenvalue weighted by Crippen LogP contribution is 2.25. The van der Waals surface area contributed by atoms with Crippen LogP contribution in [0.3, 0.4) is 0 Å². The number of nitrogens with zero attached hydrogens (tertiary/aromatic N) is 5. The molecule has 4 rings (SSSR count). The molecule has 1 aromatic heterocycles. The molecule has 1 aliphatic rings. The van der Waals surface area contributed by atoms with E-state index in [1.807, 2.05) is 89.1 Å². The fourth-order valence-corrected chi connectivity index (χ4v) is 4.05. The van der Waals surface area contributed by atoms with Gasteiger partial charge in [-0.1, -0.05) is 60.2 Å². The first kappa shape index (κ1) is 22.7. The lowest BCUT2D eigenvalue weighted by Gasteiger charge is -2.35. The van der Waals surface area contributed by atoms with E-state index in [2.05, 4.69) is 12.1 Å². The van der Waals surface area contributed by atoms with Gasteiger partial charge in [-0.05, 0) is 26.6 Å². The number of carbonyl (C=O) groups excluding carboxylic acids is 2. The number of aromatic nitrogens is 2. The van der Waals surface area contributed by atoms with Gasteiger partial charge in [-0.15, -0.1) is 0 Å². The van der Waals surface area contributed by atoms with Gasteiger partial charge in [-0.2, -0.15) is 5.10 Å². The molecule has 172 valence electrons. The minimum absolute atomic E-state index is 0.0374. The molecule has 0 radical (unpaired) electrons. The van der Waals surface area contributed by atoms with E-state index < -0.39 is 0 Å². The van der Waals surface area contributed by atoms with Crippen molar-refractivity contribution in [1.82, 2.24) is 24.5 Å². The van der Waals surface area contributed by atoms with E-state index in [9.17, 15) is 9.59 Å². The zero-order valence-electron chi connectivity index (χ0n) is 19.6. The van der Waals surface area contributed by atoms with Crippen LogP contribution in [0.2, 0.25) is 0 Å². The molecule has 1 fully saturated rings. The average molecular weight is 446 g/mol. The minimum atomic E-state index is -0.0374. The van der Waals surface area contributed by atoms with Crippen molar-refractivity contribution in [3.05, 3.63) is 77.5 Å². The van der Waals surface area contributed by atoms with E-state index in [0.29, 0.717) is 50.5 Å². The Hall–Kier alpha value is -3.45. The molecule has 0 N–H and O–H groups in total. The molecule has 1 aliphatic heterocycles. The molecule has 1 saturated heterocycles. The van der Waals surface area contributed by atoms with E-state index in [4.69, 9.17) is 5.10 Å². The maximum atomic E-state index is 13.5. The van der Waals surface area contributed by atoms with E-state index in [1.54, 1.807) is 0 Å². The van der Waals surface area contributed by atoms with Crippen LogP contribution in [0, 0.1) is 6.92 Å². The van der Waals surface area contributed by atoms with Crippen molar-refractivity contribution in [3.63, 3.8) is 0 Å². The van der Waals surface area contributed by atoms with Gasteiger partial charge in [-0.25, -0.2) is 0 Å². The van der Waals surface area contributed by atoms with E-state index in [-0.39, 0.29) is 11.8 Å². The van der Waals surface area contributed by atoms with Crippen LogP contribution >= 0.6 is 0 Å². The Labute approximate surface area is 195 Å². The topological polar surface area (TPSA) is 61.7 Å². The molecule has 0 atom stereocenters. The minimum Gasteiger partial charge on any atom is -0.338 e. The second-order valence-corrected chi connectivity index (χ2v) is 8.85. The number of aryl methyl sites for hydroxylation is 1. The molecule has 3 aromatic rings. The Morgan fingerprint density at radius 1 is 0.909 bits per heavy atom. The van der Waals surface area contributed by atoms with Crippen molar-refractivity contribution in [2.45, 2.75) is 13.5 Å². The fourth-order valence-electron chi connectivity index (χ4n) is 4.05. The maximum Gasteiger partial charge on any atom is 0.257 e. The Morgan fingerprint density at radius 3 is 2.18 bits per heavy atom. The second kappa shape index (κ2) is 10.0. The Kier molecular flexibility index (Phi) is 6.89. The number of carbonyl (C=O) groups is 2. The van der Waals surface area contributed by atoms with Crippen molar-refractivity contribution in [1.29, 1.82) is 0 Å². The average Bonchev–Trinajstić information content (AvgIpc) is 3.23. The third kappa shape index (κ3) is 5.49. The summed E-state index contributed by atoms with van der Waals surface area (Å²) in [6.45, 7) is 5.18. The van der Waals surface area contributed by atoms with Crippen LogP contribution in [0.15, 0.2) is 60.8 Å². The van der Waals surface area contributed by atoms with Crippen molar-refractivity contribution in [3.8, 4) is 11.3 Å². The zero-order valence-corrected chi connectivity index (χ0v) is 19.6. The summed E-state index contributed by atoms with van der Waals surface area (Å²) in [5, 5.41) is 4.80. The maximum absolute atomic E-state index is 13.5. The Bertz CT molecular complexity index is 1100. The Morgan fingerprint density at radius 2 is 1.55 bits per heavy atom. The summed E-state index contributed by atoms with van der Waals surface area (Å²) in [5.41, 5.74) is 4.51. The molecule has 0 saturated carbocycles. The number of rotatable bonds is 6.